The van der Waals surface area contributed by atoms with Crippen LogP contribution in [-0.4, -0.2) is 58.5 Å². The highest BCUT2D eigenvalue weighted by molar-refractivity contribution is 7.89. The van der Waals surface area contributed by atoms with E-state index >= 15 is 0 Å². The van der Waals surface area contributed by atoms with Crippen molar-refractivity contribution in [1.82, 2.24) is 14.9 Å². The molecule has 0 bridgehead atoms. The standard InChI is InChI=1S/C17H27N3O4S.ClH/c1-13(18-2)12-19-17(21)14-8-10-20(11-9-14)25(22,23)16-6-4-15(24-3)5-7-16;/h4-7,13-14,18H,8-12H2,1-3H3,(H,19,21);1H. The molecule has 1 aromatic carbocycles. The van der Waals surface area contributed by atoms with Crippen molar-refractivity contribution in [1.29, 1.82) is 0 Å². The number of nitrogens with one attached hydrogen (secondary N) is 2. The molecule has 1 saturated heterocycles. The van der Waals surface area contributed by atoms with Crippen LogP contribution in [0.15, 0.2) is 29.2 Å². The predicted octanol–water partition coefficient (Wildman–Crippen LogP) is 1.24. The Kier molecular flexibility index (Phi) is 8.82. The minimum atomic E-state index is -3.53. The molecule has 0 spiro atoms. The molecule has 2 N–H and O–H groups in total. The fourth-order valence-corrected chi connectivity index (χ4v) is 4.22. The second-order valence-corrected chi connectivity index (χ2v) is 8.23. The van der Waals surface area contributed by atoms with Gasteiger partial charge in [0.25, 0.3) is 0 Å². The van der Waals surface area contributed by atoms with E-state index in [2.05, 4.69) is 10.6 Å². The Balaban J connectivity index is 0.00000338. The molecule has 148 valence electrons. The van der Waals surface area contributed by atoms with E-state index in [4.69, 9.17) is 4.74 Å². The second kappa shape index (κ2) is 10.1. The van der Waals surface area contributed by atoms with Gasteiger partial charge in [0.15, 0.2) is 0 Å². The van der Waals surface area contributed by atoms with Gasteiger partial charge in [-0.15, -0.1) is 12.4 Å². The molecule has 2 rings (SSSR count). The lowest BCUT2D eigenvalue weighted by atomic mass is 9.97. The fourth-order valence-electron chi connectivity index (χ4n) is 2.76. The van der Waals surface area contributed by atoms with Crippen LogP contribution in [0, 0.1) is 5.92 Å². The summed E-state index contributed by atoms with van der Waals surface area (Å²) in [6.07, 6.45) is 1.07. The van der Waals surface area contributed by atoms with E-state index in [1.165, 1.54) is 11.4 Å². The first kappa shape index (κ1) is 22.7. The van der Waals surface area contributed by atoms with Crippen molar-refractivity contribution in [2.24, 2.45) is 5.92 Å². The predicted molar refractivity (Wildman–Crippen MR) is 103 cm³/mol. The summed E-state index contributed by atoms with van der Waals surface area (Å²) in [6, 6.07) is 6.57. The van der Waals surface area contributed by atoms with E-state index in [-0.39, 0.29) is 35.2 Å². The van der Waals surface area contributed by atoms with E-state index in [0.717, 1.165) is 0 Å². The summed E-state index contributed by atoms with van der Waals surface area (Å²) >= 11 is 0. The maximum Gasteiger partial charge on any atom is 0.243 e. The average Bonchev–Trinajstić information content (AvgIpc) is 2.65. The molecule has 0 aromatic heterocycles. The van der Waals surface area contributed by atoms with Crippen LogP contribution in [0.5, 0.6) is 5.75 Å². The van der Waals surface area contributed by atoms with Gasteiger partial charge >= 0.3 is 0 Å². The summed E-state index contributed by atoms with van der Waals surface area (Å²) < 4.78 is 31.9. The molecule has 0 saturated carbocycles. The molecular formula is C17H28ClN3O4S. The molecule has 0 radical (unpaired) electrons. The zero-order valence-electron chi connectivity index (χ0n) is 15.4. The second-order valence-electron chi connectivity index (χ2n) is 6.29. The zero-order chi connectivity index (χ0) is 18.4. The quantitative estimate of drug-likeness (QED) is 0.712. The molecule has 1 aliphatic heterocycles. The third-order valence-electron chi connectivity index (χ3n) is 4.60. The lowest BCUT2D eigenvalue weighted by molar-refractivity contribution is -0.126. The van der Waals surface area contributed by atoms with Crippen molar-refractivity contribution in [2.75, 3.05) is 33.8 Å². The van der Waals surface area contributed by atoms with E-state index in [1.54, 1.807) is 24.3 Å². The first-order valence-electron chi connectivity index (χ1n) is 8.47. The van der Waals surface area contributed by atoms with Crippen molar-refractivity contribution in [3.63, 3.8) is 0 Å². The molecular weight excluding hydrogens is 378 g/mol. The topological polar surface area (TPSA) is 87.7 Å². The van der Waals surface area contributed by atoms with Crippen molar-refractivity contribution >= 4 is 28.3 Å². The van der Waals surface area contributed by atoms with Crippen LogP contribution in [0.4, 0.5) is 0 Å². The van der Waals surface area contributed by atoms with Crippen LogP contribution >= 0.6 is 12.4 Å². The summed E-state index contributed by atoms with van der Waals surface area (Å²) in [7, 11) is -0.145. The van der Waals surface area contributed by atoms with Crippen LogP contribution in [0.25, 0.3) is 0 Å². The third-order valence-corrected chi connectivity index (χ3v) is 6.51. The summed E-state index contributed by atoms with van der Waals surface area (Å²) in [6.45, 7) is 3.27. The molecule has 1 fully saturated rings. The number of piperidine rings is 1. The molecule has 9 heteroatoms. The van der Waals surface area contributed by atoms with Gasteiger partial charge in [-0.05, 0) is 51.1 Å². The normalized spacial score (nSPS) is 17.2. The summed E-state index contributed by atoms with van der Waals surface area (Å²) in [5, 5.41) is 5.98. The number of carbonyl (C=O) groups is 1. The number of methoxy groups -OCH3 is 1. The first-order valence-corrected chi connectivity index (χ1v) is 9.91. The monoisotopic (exact) mass is 405 g/mol. The highest BCUT2D eigenvalue weighted by Crippen LogP contribution is 2.25. The molecule has 1 aromatic rings. The van der Waals surface area contributed by atoms with Crippen LogP contribution in [0.1, 0.15) is 19.8 Å². The van der Waals surface area contributed by atoms with E-state index in [9.17, 15) is 13.2 Å². The number of hydrogen-bond donors (Lipinski definition) is 2. The van der Waals surface area contributed by atoms with Crippen molar-refractivity contribution < 1.29 is 17.9 Å². The van der Waals surface area contributed by atoms with Gasteiger partial charge in [-0.25, -0.2) is 8.42 Å². The van der Waals surface area contributed by atoms with Gasteiger partial charge in [0, 0.05) is 31.6 Å². The number of benzene rings is 1. The van der Waals surface area contributed by atoms with Gasteiger partial charge in [-0.1, -0.05) is 0 Å². The van der Waals surface area contributed by atoms with Gasteiger partial charge in [0.05, 0.1) is 12.0 Å². The average molecular weight is 406 g/mol. The number of halogens is 1. The minimum Gasteiger partial charge on any atom is -0.497 e. The first-order chi connectivity index (χ1) is 11.9. The molecule has 1 aliphatic rings. The Hall–Kier alpha value is -1.35. The molecule has 1 unspecified atom stereocenters. The Morgan fingerprint density at radius 2 is 1.85 bits per heavy atom. The van der Waals surface area contributed by atoms with Crippen LogP contribution in [-0.2, 0) is 14.8 Å². The maximum atomic E-state index is 12.7. The number of hydrogen-bond acceptors (Lipinski definition) is 5. The summed E-state index contributed by atoms with van der Waals surface area (Å²) in [5.41, 5.74) is 0. The fraction of sp³-hybridized carbons (Fsp3) is 0.588. The zero-order valence-corrected chi connectivity index (χ0v) is 17.0. The highest BCUT2D eigenvalue weighted by atomic mass is 35.5. The molecule has 26 heavy (non-hydrogen) atoms. The number of nitrogens with zero attached hydrogens (tertiary/aromatic N) is 1. The number of carbonyl (C=O) groups excluding carboxylic acids is 1. The van der Waals surface area contributed by atoms with Crippen molar-refractivity contribution in [3.05, 3.63) is 24.3 Å². The Morgan fingerprint density at radius 1 is 1.27 bits per heavy atom. The van der Waals surface area contributed by atoms with Gasteiger partial charge < -0.3 is 15.4 Å². The molecule has 1 atom stereocenters. The SMILES string of the molecule is CNC(C)CNC(=O)C1CCN(S(=O)(=O)c2ccc(OC)cc2)CC1.Cl. The van der Waals surface area contributed by atoms with Gasteiger partial charge in [0.2, 0.25) is 15.9 Å². The van der Waals surface area contributed by atoms with Gasteiger partial charge in [0.1, 0.15) is 5.75 Å². The number of sulfonamides is 1. The Labute approximate surface area is 161 Å². The van der Waals surface area contributed by atoms with Crippen LogP contribution < -0.4 is 15.4 Å². The molecule has 7 nitrogen and oxygen atoms in total. The van der Waals surface area contributed by atoms with Crippen LogP contribution in [0.2, 0.25) is 0 Å². The molecule has 0 aliphatic carbocycles. The van der Waals surface area contributed by atoms with E-state index in [1.807, 2.05) is 14.0 Å². The maximum absolute atomic E-state index is 12.7. The number of likely N-dealkylation sites (N-methyl/N-ethyl adjacent to an activating group) is 1. The van der Waals surface area contributed by atoms with Crippen molar-refractivity contribution in [3.8, 4) is 5.75 Å². The minimum absolute atomic E-state index is 0. The number of amides is 1. The third kappa shape index (κ3) is 5.57. The van der Waals surface area contributed by atoms with E-state index < -0.39 is 10.0 Å². The van der Waals surface area contributed by atoms with Gasteiger partial charge in [-0.2, -0.15) is 4.31 Å². The lowest BCUT2D eigenvalue weighted by Crippen LogP contribution is -2.45. The Morgan fingerprint density at radius 3 is 2.35 bits per heavy atom. The van der Waals surface area contributed by atoms with Crippen molar-refractivity contribution in [2.45, 2.75) is 30.7 Å². The van der Waals surface area contributed by atoms with Crippen LogP contribution in [0.3, 0.4) is 0 Å². The number of ether oxygens (including phenoxy) is 1. The largest absolute Gasteiger partial charge is 0.497 e. The number of rotatable bonds is 7. The molecule has 1 heterocycles. The Bertz CT molecular complexity index is 674. The van der Waals surface area contributed by atoms with E-state index in [0.29, 0.717) is 38.2 Å². The lowest BCUT2D eigenvalue weighted by Gasteiger charge is -2.30. The smallest absolute Gasteiger partial charge is 0.243 e. The highest BCUT2D eigenvalue weighted by Gasteiger charge is 2.32. The molecule has 1 amide bonds. The van der Waals surface area contributed by atoms with Gasteiger partial charge in [-0.3, -0.25) is 4.79 Å². The summed E-state index contributed by atoms with van der Waals surface area (Å²) in [5.74, 6) is 0.486. The summed E-state index contributed by atoms with van der Waals surface area (Å²) in [4.78, 5) is 12.4.